The van der Waals surface area contributed by atoms with Crippen LogP contribution < -0.4 is 0 Å². The van der Waals surface area contributed by atoms with Gasteiger partial charge in [0.25, 0.3) is 0 Å². The maximum Gasteiger partial charge on any atom is 0.153 e. The lowest BCUT2D eigenvalue weighted by atomic mass is 9.86. The molecule has 0 aliphatic heterocycles. The second-order valence-electron chi connectivity index (χ2n) is 9.11. The van der Waals surface area contributed by atoms with E-state index in [9.17, 15) is 22.0 Å². The molecule has 0 aliphatic carbocycles. The maximum absolute atomic E-state index is 13.9. The zero-order valence-electron chi connectivity index (χ0n) is 20.2. The van der Waals surface area contributed by atoms with Crippen LogP contribution in [0, 0.1) is 11.6 Å². The molecule has 0 radical (unpaired) electrons. The summed E-state index contributed by atoms with van der Waals surface area (Å²) < 4.78 is 53.4. The number of hydrogen-bond acceptors (Lipinski definition) is 5. The first-order chi connectivity index (χ1) is 17.3. The Bertz CT molecular complexity index is 1620. The van der Waals surface area contributed by atoms with Crippen LogP contribution in [-0.2, 0) is 33.9 Å². The van der Waals surface area contributed by atoms with E-state index in [2.05, 4.69) is 10.1 Å². The van der Waals surface area contributed by atoms with Gasteiger partial charge in [-0.25, -0.2) is 22.2 Å². The molecule has 2 aromatic heterocycles. The van der Waals surface area contributed by atoms with E-state index in [4.69, 9.17) is 23.2 Å². The molecular weight excluding hydrogens is 543 g/mol. The third kappa shape index (κ3) is 6.17. The number of pyridine rings is 1. The third-order valence-corrected chi connectivity index (χ3v) is 7.24. The van der Waals surface area contributed by atoms with Crippen molar-refractivity contribution in [3.05, 3.63) is 81.2 Å². The predicted molar refractivity (Wildman–Crippen MR) is 141 cm³/mol. The smallest absolute Gasteiger partial charge is 0.153 e. The average molecular weight is 566 g/mol. The van der Waals surface area contributed by atoms with Crippen molar-refractivity contribution in [3.8, 4) is 11.1 Å². The van der Waals surface area contributed by atoms with Gasteiger partial charge >= 0.3 is 0 Å². The number of ketones is 1. The first-order valence-corrected chi connectivity index (χ1v) is 14.1. The van der Waals surface area contributed by atoms with Crippen molar-refractivity contribution in [2.24, 2.45) is 7.05 Å². The molecule has 194 valence electrons. The van der Waals surface area contributed by atoms with Crippen molar-refractivity contribution >= 4 is 49.7 Å². The van der Waals surface area contributed by atoms with Crippen LogP contribution in [0.5, 0.6) is 0 Å². The second-order valence-corrected chi connectivity index (χ2v) is 12.0. The number of carbonyl (C=O) groups excluding carboxylic acids is 1. The number of benzene rings is 2. The van der Waals surface area contributed by atoms with Crippen LogP contribution in [0.1, 0.15) is 36.2 Å². The van der Waals surface area contributed by atoms with Crippen molar-refractivity contribution in [1.29, 1.82) is 0 Å². The highest BCUT2D eigenvalue weighted by atomic mass is 35.5. The molecule has 1 atom stereocenters. The molecule has 4 rings (SSSR count). The van der Waals surface area contributed by atoms with Gasteiger partial charge in [0, 0.05) is 48.2 Å². The highest BCUT2D eigenvalue weighted by Gasteiger charge is 2.25. The van der Waals surface area contributed by atoms with E-state index in [1.165, 1.54) is 19.1 Å². The maximum atomic E-state index is 13.9. The molecule has 0 aliphatic rings. The summed E-state index contributed by atoms with van der Waals surface area (Å²) in [6, 6.07) is 9.98. The van der Waals surface area contributed by atoms with Crippen LogP contribution >= 0.6 is 23.2 Å². The van der Waals surface area contributed by atoms with Crippen LogP contribution in [0.25, 0.3) is 22.0 Å². The average Bonchev–Trinajstić information content (AvgIpc) is 3.08. The molecule has 37 heavy (non-hydrogen) atoms. The summed E-state index contributed by atoms with van der Waals surface area (Å²) in [6.07, 6.45) is 1.31. The number of aryl methyl sites for hydroxylation is 1. The fourth-order valence-electron chi connectivity index (χ4n) is 4.64. The molecule has 2 aromatic carbocycles. The van der Waals surface area contributed by atoms with Gasteiger partial charge in [0.1, 0.15) is 22.6 Å². The van der Waals surface area contributed by atoms with E-state index < -0.39 is 27.4 Å². The zero-order chi connectivity index (χ0) is 27.1. The van der Waals surface area contributed by atoms with Gasteiger partial charge in [-0.3, -0.25) is 4.68 Å². The molecule has 0 N–H and O–H groups in total. The van der Waals surface area contributed by atoms with Crippen molar-refractivity contribution in [2.45, 2.75) is 31.4 Å². The van der Waals surface area contributed by atoms with Crippen molar-refractivity contribution < 1.29 is 22.0 Å². The summed E-state index contributed by atoms with van der Waals surface area (Å²) in [7, 11) is -1.71. The first-order valence-electron chi connectivity index (χ1n) is 11.3. The largest absolute Gasteiger partial charge is 0.300 e. The van der Waals surface area contributed by atoms with Crippen LogP contribution in [-0.4, -0.2) is 35.2 Å². The molecule has 0 saturated carbocycles. The molecule has 0 saturated heterocycles. The number of halogens is 4. The Labute approximate surface area is 223 Å². The van der Waals surface area contributed by atoms with Crippen LogP contribution in [0.15, 0.2) is 42.5 Å². The Kier molecular flexibility index (Phi) is 7.69. The fourth-order valence-corrected chi connectivity index (χ4v) is 5.75. The summed E-state index contributed by atoms with van der Waals surface area (Å²) >= 11 is 12.8. The summed E-state index contributed by atoms with van der Waals surface area (Å²) in [5.41, 5.74) is 2.98. The third-order valence-electron chi connectivity index (χ3n) is 5.91. The number of aromatic nitrogens is 3. The van der Waals surface area contributed by atoms with Gasteiger partial charge < -0.3 is 4.79 Å². The van der Waals surface area contributed by atoms with Crippen molar-refractivity contribution in [3.63, 3.8) is 0 Å². The lowest BCUT2D eigenvalue weighted by Gasteiger charge is -2.20. The van der Waals surface area contributed by atoms with Gasteiger partial charge in [-0.1, -0.05) is 29.3 Å². The van der Waals surface area contributed by atoms with Gasteiger partial charge in [0.05, 0.1) is 27.7 Å². The highest BCUT2D eigenvalue weighted by Crippen LogP contribution is 2.40. The van der Waals surface area contributed by atoms with Gasteiger partial charge in [-0.15, -0.1) is 0 Å². The Hall–Kier alpha value is -2.88. The van der Waals surface area contributed by atoms with Gasteiger partial charge in [-0.05, 0) is 49.2 Å². The van der Waals surface area contributed by atoms with E-state index >= 15 is 0 Å². The summed E-state index contributed by atoms with van der Waals surface area (Å²) in [5.74, 6) is -2.42. The number of sulfone groups is 1. The minimum absolute atomic E-state index is 0.0555. The lowest BCUT2D eigenvalue weighted by Crippen LogP contribution is -2.12. The van der Waals surface area contributed by atoms with Crippen LogP contribution in [0.4, 0.5) is 8.78 Å². The Morgan fingerprint density at radius 3 is 2.32 bits per heavy atom. The molecule has 2 heterocycles. The number of carbonyl (C=O) groups is 1. The Balaban J connectivity index is 1.94. The molecule has 0 bridgehead atoms. The topological polar surface area (TPSA) is 81.9 Å². The van der Waals surface area contributed by atoms with E-state index in [-0.39, 0.29) is 29.5 Å². The highest BCUT2D eigenvalue weighted by molar-refractivity contribution is 7.89. The molecule has 4 aromatic rings. The van der Waals surface area contributed by atoms with Crippen molar-refractivity contribution in [2.75, 3.05) is 6.26 Å². The minimum Gasteiger partial charge on any atom is -0.300 e. The molecule has 6 nitrogen and oxygen atoms in total. The molecule has 0 spiro atoms. The molecule has 11 heteroatoms. The number of rotatable bonds is 8. The first kappa shape index (κ1) is 27.2. The predicted octanol–water partition coefficient (Wildman–Crippen LogP) is 6.07. The molecule has 0 amide bonds. The SMILES string of the molecule is CC(=O)C[C@@H](Cc1cc(F)cc(F)c1)c1nc(Cl)ccc1-c1ccc(Cl)c2c(CS(C)(=O)=O)nn(C)c12. The summed E-state index contributed by atoms with van der Waals surface area (Å²) in [4.78, 5) is 16.8. The fraction of sp³-hybridized carbons (Fsp3) is 0.269. The summed E-state index contributed by atoms with van der Waals surface area (Å²) in [5, 5.41) is 5.43. The molecular formula is C26H23Cl2F2N3O3S. The Morgan fingerprint density at radius 2 is 1.70 bits per heavy atom. The van der Waals surface area contributed by atoms with E-state index in [1.54, 1.807) is 36.0 Å². The second kappa shape index (κ2) is 10.5. The van der Waals surface area contributed by atoms with E-state index in [0.29, 0.717) is 44.0 Å². The van der Waals surface area contributed by atoms with Crippen LogP contribution in [0.2, 0.25) is 10.2 Å². The van der Waals surface area contributed by atoms with Gasteiger partial charge in [-0.2, -0.15) is 5.10 Å². The monoisotopic (exact) mass is 565 g/mol. The minimum atomic E-state index is -3.39. The lowest BCUT2D eigenvalue weighted by molar-refractivity contribution is -0.117. The number of fused-ring (bicyclic) bond motifs is 1. The zero-order valence-corrected chi connectivity index (χ0v) is 22.6. The normalized spacial score (nSPS) is 12.7. The van der Waals surface area contributed by atoms with Crippen LogP contribution in [0.3, 0.4) is 0 Å². The number of hydrogen-bond donors (Lipinski definition) is 0. The molecule has 0 fully saturated rings. The number of Topliss-reactive ketones (excluding diaryl/α,β-unsaturated/α-hetero) is 1. The van der Waals surface area contributed by atoms with E-state index in [0.717, 1.165) is 12.3 Å². The van der Waals surface area contributed by atoms with Gasteiger partial charge in [0.15, 0.2) is 9.84 Å². The quantitative estimate of drug-likeness (QED) is 0.242. The standard InChI is InChI=1S/C26H23Cl2F2N3O3S/c1-14(34)8-16(9-15-10-17(29)12-18(30)11-15)25-19(5-7-23(28)31-25)20-4-6-21(27)24-22(13-37(3,35)36)32-33(2)26(20)24/h4-7,10-12,16H,8-9,13H2,1-3H3/t16-/m0/s1. The van der Waals surface area contributed by atoms with E-state index in [1.807, 2.05) is 0 Å². The van der Waals surface area contributed by atoms with Crippen molar-refractivity contribution in [1.82, 2.24) is 14.8 Å². The van der Waals surface area contributed by atoms with Gasteiger partial charge in [0.2, 0.25) is 0 Å². The Morgan fingerprint density at radius 1 is 1.05 bits per heavy atom. The number of nitrogens with zero attached hydrogens (tertiary/aromatic N) is 3. The summed E-state index contributed by atoms with van der Waals surface area (Å²) in [6.45, 7) is 1.43. The molecule has 0 unspecified atom stereocenters.